The lowest BCUT2D eigenvalue weighted by Crippen LogP contribution is -2.63. The highest BCUT2D eigenvalue weighted by Crippen LogP contribution is 2.67. The van der Waals surface area contributed by atoms with Gasteiger partial charge < -0.3 is 11.1 Å². The highest BCUT2D eigenvalue weighted by Gasteiger charge is 2.62. The second-order valence-corrected chi connectivity index (χ2v) is 12.7. The Morgan fingerprint density at radius 1 is 1.07 bits per heavy atom. The summed E-state index contributed by atoms with van der Waals surface area (Å²) in [5.74, 6) is 3.62. The van der Waals surface area contributed by atoms with Crippen LogP contribution in [0.3, 0.4) is 0 Å². The van der Waals surface area contributed by atoms with Crippen molar-refractivity contribution in [2.75, 3.05) is 12.3 Å². The molecule has 0 aliphatic heterocycles. The Bertz CT molecular complexity index is 740. The summed E-state index contributed by atoms with van der Waals surface area (Å²) < 4.78 is 0. The molecule has 3 N–H and O–H groups in total. The van der Waals surface area contributed by atoms with Gasteiger partial charge in [-0.15, -0.1) is 0 Å². The summed E-state index contributed by atoms with van der Waals surface area (Å²) in [5, 5.41) is 4.77. The van der Waals surface area contributed by atoms with E-state index in [0.29, 0.717) is 11.5 Å². The van der Waals surface area contributed by atoms with Gasteiger partial charge in [-0.1, -0.05) is 49.5 Å². The number of hydrogen-bond donors (Lipinski definition) is 2. The third kappa shape index (κ3) is 3.65. The molecule has 0 spiro atoms. The van der Waals surface area contributed by atoms with Crippen molar-refractivity contribution in [3.8, 4) is 0 Å². The van der Waals surface area contributed by atoms with Crippen LogP contribution in [-0.2, 0) is 5.41 Å². The Morgan fingerprint density at radius 2 is 1.73 bits per heavy atom. The predicted molar refractivity (Wildman–Crippen MR) is 133 cm³/mol. The minimum Gasteiger partial charge on any atom is -0.376 e. The highest BCUT2D eigenvalue weighted by molar-refractivity contribution is 7.99. The third-order valence-electron chi connectivity index (χ3n) is 8.96. The molecule has 4 heteroatoms. The van der Waals surface area contributed by atoms with E-state index in [9.17, 15) is 0 Å². The number of nitrogens with two attached hydrogens (primary N) is 1. The zero-order valence-electron chi connectivity index (χ0n) is 18.4. The van der Waals surface area contributed by atoms with Gasteiger partial charge in [-0.3, -0.25) is 0 Å². The van der Waals surface area contributed by atoms with Crippen molar-refractivity contribution < 1.29 is 0 Å². The SMILES string of the molecule is CCSC1C2CC3(C(=S)NC4CCC(CN)CC4)CC1CC(c1ccccc1)(C2)C3. The van der Waals surface area contributed by atoms with Crippen molar-refractivity contribution in [3.63, 3.8) is 0 Å². The maximum Gasteiger partial charge on any atom is 0.0818 e. The molecule has 4 bridgehead atoms. The molecular formula is C26H38N2S2. The molecule has 0 saturated heterocycles. The molecule has 30 heavy (non-hydrogen) atoms. The van der Waals surface area contributed by atoms with Crippen LogP contribution in [0.1, 0.15) is 70.3 Å². The lowest BCUT2D eigenvalue weighted by Gasteiger charge is -2.65. The average Bonchev–Trinajstić information content (AvgIpc) is 2.77. The van der Waals surface area contributed by atoms with Crippen LogP contribution < -0.4 is 11.1 Å². The number of thioether (sulfide) groups is 1. The van der Waals surface area contributed by atoms with Crippen LogP contribution in [0.5, 0.6) is 0 Å². The number of rotatable bonds is 6. The molecule has 0 radical (unpaired) electrons. The number of benzene rings is 1. The van der Waals surface area contributed by atoms with Gasteiger partial charge in [-0.25, -0.2) is 0 Å². The van der Waals surface area contributed by atoms with Crippen molar-refractivity contribution in [1.82, 2.24) is 5.32 Å². The fourth-order valence-electron chi connectivity index (χ4n) is 7.85. The van der Waals surface area contributed by atoms with Gasteiger partial charge in [0, 0.05) is 16.7 Å². The first-order valence-corrected chi connectivity index (χ1v) is 13.7. The van der Waals surface area contributed by atoms with Crippen LogP contribution in [0.15, 0.2) is 30.3 Å². The summed E-state index contributed by atoms with van der Waals surface area (Å²) in [4.78, 5) is 1.22. The van der Waals surface area contributed by atoms with Crippen molar-refractivity contribution in [1.29, 1.82) is 0 Å². The zero-order chi connectivity index (χ0) is 20.8. The summed E-state index contributed by atoms with van der Waals surface area (Å²) in [6, 6.07) is 12.0. The second-order valence-electron chi connectivity index (χ2n) is 10.8. The largest absolute Gasteiger partial charge is 0.376 e. The predicted octanol–water partition coefficient (Wildman–Crippen LogP) is 5.69. The molecule has 0 amide bonds. The molecule has 5 aliphatic carbocycles. The Labute approximate surface area is 192 Å². The molecule has 1 aromatic rings. The number of thiocarbonyl (C=S) groups is 1. The van der Waals surface area contributed by atoms with Crippen LogP contribution in [0, 0.1) is 23.2 Å². The first-order valence-electron chi connectivity index (χ1n) is 12.3. The molecule has 1 aromatic carbocycles. The Morgan fingerprint density at radius 3 is 2.33 bits per heavy atom. The van der Waals surface area contributed by atoms with E-state index in [4.69, 9.17) is 18.0 Å². The van der Waals surface area contributed by atoms with E-state index < -0.39 is 0 Å². The molecule has 0 heterocycles. The van der Waals surface area contributed by atoms with E-state index in [1.807, 2.05) is 0 Å². The monoisotopic (exact) mass is 442 g/mol. The lowest BCUT2D eigenvalue weighted by atomic mass is 9.42. The summed E-state index contributed by atoms with van der Waals surface area (Å²) in [6.45, 7) is 3.18. The highest BCUT2D eigenvalue weighted by atomic mass is 32.2. The van der Waals surface area contributed by atoms with E-state index in [-0.39, 0.29) is 5.41 Å². The fraction of sp³-hybridized carbons (Fsp3) is 0.731. The normalized spacial score (nSPS) is 42.3. The van der Waals surface area contributed by atoms with Gasteiger partial charge in [0.15, 0.2) is 0 Å². The van der Waals surface area contributed by atoms with Crippen LogP contribution in [0.25, 0.3) is 0 Å². The molecule has 164 valence electrons. The van der Waals surface area contributed by atoms with Gasteiger partial charge in [0.05, 0.1) is 4.99 Å². The van der Waals surface area contributed by atoms with Crippen molar-refractivity contribution >= 4 is 29.0 Å². The lowest BCUT2D eigenvalue weighted by molar-refractivity contribution is -0.0298. The summed E-state index contributed by atoms with van der Waals surface area (Å²) in [7, 11) is 0. The Hall–Kier alpha value is -0.580. The first-order chi connectivity index (χ1) is 14.6. The van der Waals surface area contributed by atoms with Crippen molar-refractivity contribution in [2.45, 2.75) is 81.4 Å². The topological polar surface area (TPSA) is 38.0 Å². The molecule has 5 saturated carbocycles. The van der Waals surface area contributed by atoms with Gasteiger partial charge in [-0.05, 0) is 98.8 Å². The molecule has 5 fully saturated rings. The van der Waals surface area contributed by atoms with E-state index in [0.717, 1.165) is 29.5 Å². The van der Waals surface area contributed by atoms with Gasteiger partial charge in [0.1, 0.15) is 0 Å². The van der Waals surface area contributed by atoms with Crippen LogP contribution in [-0.4, -0.2) is 28.6 Å². The Balaban J connectivity index is 1.39. The Kier molecular flexibility index (Phi) is 5.96. The molecule has 6 rings (SSSR count). The first kappa shape index (κ1) is 21.3. The minimum absolute atomic E-state index is 0.229. The molecule has 2 unspecified atom stereocenters. The maximum absolute atomic E-state index is 6.24. The zero-order valence-corrected chi connectivity index (χ0v) is 20.1. The average molecular weight is 443 g/mol. The number of nitrogens with one attached hydrogen (secondary N) is 1. The fourth-order valence-corrected chi connectivity index (χ4v) is 9.56. The van der Waals surface area contributed by atoms with Crippen LogP contribution >= 0.6 is 24.0 Å². The second kappa shape index (κ2) is 8.41. The van der Waals surface area contributed by atoms with E-state index in [1.54, 1.807) is 5.56 Å². The molecule has 0 aromatic heterocycles. The summed E-state index contributed by atoms with van der Waals surface area (Å²) in [6.07, 6.45) is 11.7. The van der Waals surface area contributed by atoms with Gasteiger partial charge >= 0.3 is 0 Å². The van der Waals surface area contributed by atoms with Crippen molar-refractivity contribution in [2.24, 2.45) is 28.9 Å². The van der Waals surface area contributed by atoms with Crippen LogP contribution in [0.4, 0.5) is 0 Å². The van der Waals surface area contributed by atoms with E-state index in [2.05, 4.69) is 54.3 Å². The quantitative estimate of drug-likeness (QED) is 0.555. The van der Waals surface area contributed by atoms with Crippen LogP contribution in [0.2, 0.25) is 0 Å². The standard InChI is InChI=1S/C26H38N2S2/c1-2-30-23-19-12-25(21-6-4-3-5-7-21)13-20(23)15-26(14-19,17-25)24(29)28-22-10-8-18(16-27)9-11-22/h3-7,18-20,22-23H,2,8-17,27H2,1H3,(H,28,29). The summed E-state index contributed by atoms with van der Waals surface area (Å²) in [5.41, 5.74) is 8.07. The van der Waals surface area contributed by atoms with E-state index >= 15 is 0 Å². The van der Waals surface area contributed by atoms with Gasteiger partial charge in [0.25, 0.3) is 0 Å². The molecule has 2 atom stereocenters. The van der Waals surface area contributed by atoms with E-state index in [1.165, 1.54) is 68.5 Å². The smallest absolute Gasteiger partial charge is 0.0818 e. The van der Waals surface area contributed by atoms with Gasteiger partial charge in [-0.2, -0.15) is 11.8 Å². The molecule has 2 nitrogen and oxygen atoms in total. The third-order valence-corrected chi connectivity index (χ3v) is 11.0. The maximum atomic E-state index is 6.24. The van der Waals surface area contributed by atoms with Gasteiger partial charge in [0.2, 0.25) is 0 Å². The number of hydrogen-bond acceptors (Lipinski definition) is 3. The molecule has 5 aliphatic rings. The molecular weight excluding hydrogens is 404 g/mol. The minimum atomic E-state index is 0.229. The van der Waals surface area contributed by atoms with Crippen molar-refractivity contribution in [3.05, 3.63) is 35.9 Å². The summed E-state index contributed by atoms with van der Waals surface area (Å²) >= 11 is 8.48.